The van der Waals surface area contributed by atoms with Gasteiger partial charge in [-0.15, -0.1) is 0 Å². The van der Waals surface area contributed by atoms with E-state index in [2.05, 4.69) is 42.1 Å². The Hall–Kier alpha value is -2.26. The second-order valence-corrected chi connectivity index (χ2v) is 6.64. The molecule has 0 saturated heterocycles. The van der Waals surface area contributed by atoms with Crippen LogP contribution in [0.2, 0.25) is 0 Å². The zero-order valence-corrected chi connectivity index (χ0v) is 14.5. The molecule has 0 aliphatic carbocycles. The SMILES string of the molecule is CC(C)(C)NNc1ncnc(Nc2ccccc2Br)c1[N+](=O)[O-]. The topological polar surface area (TPSA) is 105 Å². The predicted octanol–water partition coefficient (Wildman–Crippen LogP) is 3.61. The van der Waals surface area contributed by atoms with Crippen LogP contribution < -0.4 is 16.2 Å². The Kier molecular flexibility index (Phi) is 5.12. The summed E-state index contributed by atoms with van der Waals surface area (Å²) in [6, 6.07) is 7.29. The summed E-state index contributed by atoms with van der Waals surface area (Å²) in [4.78, 5) is 18.9. The van der Waals surface area contributed by atoms with Crippen molar-refractivity contribution in [1.29, 1.82) is 0 Å². The highest BCUT2D eigenvalue weighted by Crippen LogP contribution is 2.33. The largest absolute Gasteiger partial charge is 0.354 e. The molecule has 23 heavy (non-hydrogen) atoms. The maximum absolute atomic E-state index is 11.4. The van der Waals surface area contributed by atoms with Gasteiger partial charge in [0.15, 0.2) is 0 Å². The van der Waals surface area contributed by atoms with Crippen molar-refractivity contribution in [3.8, 4) is 0 Å². The van der Waals surface area contributed by atoms with E-state index in [1.54, 1.807) is 6.07 Å². The first-order chi connectivity index (χ1) is 10.8. The van der Waals surface area contributed by atoms with Crippen LogP contribution in [0.3, 0.4) is 0 Å². The van der Waals surface area contributed by atoms with Gasteiger partial charge in [-0.2, -0.15) is 0 Å². The van der Waals surface area contributed by atoms with Gasteiger partial charge in [0.1, 0.15) is 6.33 Å². The minimum atomic E-state index is -0.522. The minimum Gasteiger partial charge on any atom is -0.333 e. The van der Waals surface area contributed by atoms with Gasteiger partial charge in [-0.3, -0.25) is 15.5 Å². The Labute approximate surface area is 142 Å². The first kappa shape index (κ1) is 17.1. The molecule has 0 fully saturated rings. The highest BCUT2D eigenvalue weighted by molar-refractivity contribution is 9.10. The molecule has 1 heterocycles. The number of nitro groups is 1. The summed E-state index contributed by atoms with van der Waals surface area (Å²) in [5, 5.41) is 14.4. The summed E-state index contributed by atoms with van der Waals surface area (Å²) in [6.07, 6.45) is 1.26. The van der Waals surface area contributed by atoms with Crippen LogP contribution in [-0.2, 0) is 0 Å². The highest BCUT2D eigenvalue weighted by Gasteiger charge is 2.24. The lowest BCUT2D eigenvalue weighted by molar-refractivity contribution is -0.383. The molecule has 0 unspecified atom stereocenters. The Morgan fingerprint density at radius 3 is 2.43 bits per heavy atom. The lowest BCUT2D eigenvalue weighted by Gasteiger charge is -2.21. The van der Waals surface area contributed by atoms with Crippen LogP contribution in [0.25, 0.3) is 0 Å². The van der Waals surface area contributed by atoms with Crippen LogP contribution in [0, 0.1) is 10.1 Å². The molecule has 2 rings (SSSR count). The van der Waals surface area contributed by atoms with Crippen LogP contribution >= 0.6 is 15.9 Å². The maximum atomic E-state index is 11.4. The number of benzene rings is 1. The van der Waals surface area contributed by atoms with Crippen molar-refractivity contribution >= 4 is 38.9 Å². The first-order valence-corrected chi connectivity index (χ1v) is 7.61. The third kappa shape index (κ3) is 4.60. The summed E-state index contributed by atoms with van der Waals surface area (Å²) in [5.41, 5.74) is 5.89. The number of hydrogen-bond acceptors (Lipinski definition) is 7. The molecule has 0 saturated carbocycles. The van der Waals surface area contributed by atoms with Gasteiger partial charge in [-0.1, -0.05) is 12.1 Å². The van der Waals surface area contributed by atoms with Gasteiger partial charge in [0.05, 0.1) is 10.6 Å². The second kappa shape index (κ2) is 6.88. The van der Waals surface area contributed by atoms with Gasteiger partial charge in [-0.05, 0) is 48.8 Å². The fourth-order valence-corrected chi connectivity index (χ4v) is 2.06. The van der Waals surface area contributed by atoms with Crippen molar-refractivity contribution in [3.63, 3.8) is 0 Å². The fourth-order valence-electron chi connectivity index (χ4n) is 1.67. The lowest BCUT2D eigenvalue weighted by Crippen LogP contribution is -2.40. The number of hydrazine groups is 1. The van der Waals surface area contributed by atoms with Crippen molar-refractivity contribution in [1.82, 2.24) is 15.4 Å². The number of anilines is 3. The molecule has 0 atom stereocenters. The number of rotatable bonds is 5. The number of aromatic nitrogens is 2. The number of para-hydroxylation sites is 1. The minimum absolute atomic E-state index is 0.0921. The van der Waals surface area contributed by atoms with E-state index in [-0.39, 0.29) is 22.9 Å². The van der Waals surface area contributed by atoms with E-state index < -0.39 is 4.92 Å². The van der Waals surface area contributed by atoms with Crippen LogP contribution in [0.4, 0.5) is 23.0 Å². The summed E-state index contributed by atoms with van der Waals surface area (Å²) < 4.78 is 0.773. The molecule has 1 aromatic carbocycles. The van der Waals surface area contributed by atoms with Crippen molar-refractivity contribution in [2.24, 2.45) is 0 Å². The molecule has 0 radical (unpaired) electrons. The third-order valence-electron chi connectivity index (χ3n) is 2.69. The third-order valence-corrected chi connectivity index (χ3v) is 3.38. The molecule has 0 spiro atoms. The number of nitrogens with one attached hydrogen (secondary N) is 3. The smallest absolute Gasteiger partial charge is 0.333 e. The number of hydrogen-bond donors (Lipinski definition) is 3. The zero-order valence-electron chi connectivity index (χ0n) is 12.9. The van der Waals surface area contributed by atoms with Crippen molar-refractivity contribution in [2.75, 3.05) is 10.7 Å². The normalized spacial score (nSPS) is 11.1. The molecule has 9 heteroatoms. The maximum Gasteiger partial charge on any atom is 0.354 e. The summed E-state index contributed by atoms with van der Waals surface area (Å²) in [6.45, 7) is 5.77. The van der Waals surface area contributed by atoms with E-state index in [0.717, 1.165) is 4.47 Å². The Bertz CT molecular complexity index is 717. The molecule has 0 aliphatic rings. The Balaban J connectivity index is 2.36. The second-order valence-electron chi connectivity index (χ2n) is 5.78. The number of halogens is 1. The van der Waals surface area contributed by atoms with E-state index in [4.69, 9.17) is 0 Å². The van der Waals surface area contributed by atoms with E-state index in [0.29, 0.717) is 5.69 Å². The van der Waals surface area contributed by atoms with E-state index >= 15 is 0 Å². The Morgan fingerprint density at radius 1 is 1.17 bits per heavy atom. The van der Waals surface area contributed by atoms with Crippen molar-refractivity contribution in [3.05, 3.63) is 45.2 Å². The van der Waals surface area contributed by atoms with Gasteiger partial charge in [0.2, 0.25) is 11.6 Å². The fraction of sp³-hybridized carbons (Fsp3) is 0.286. The van der Waals surface area contributed by atoms with Gasteiger partial charge in [0, 0.05) is 10.0 Å². The van der Waals surface area contributed by atoms with Crippen molar-refractivity contribution < 1.29 is 4.92 Å². The molecule has 0 bridgehead atoms. The van der Waals surface area contributed by atoms with Gasteiger partial charge >= 0.3 is 5.69 Å². The Morgan fingerprint density at radius 2 is 1.83 bits per heavy atom. The summed E-state index contributed by atoms with van der Waals surface area (Å²) in [5.74, 6) is 0.199. The van der Waals surface area contributed by atoms with Crippen LogP contribution in [0.5, 0.6) is 0 Å². The molecule has 1 aromatic heterocycles. The van der Waals surface area contributed by atoms with E-state index in [1.807, 2.05) is 39.0 Å². The molecule has 8 nitrogen and oxygen atoms in total. The molecule has 122 valence electrons. The van der Waals surface area contributed by atoms with Crippen molar-refractivity contribution in [2.45, 2.75) is 26.3 Å². The zero-order chi connectivity index (χ0) is 17.0. The summed E-state index contributed by atoms with van der Waals surface area (Å²) >= 11 is 3.39. The average Bonchev–Trinajstić information content (AvgIpc) is 2.46. The molecule has 0 aliphatic heterocycles. The highest BCUT2D eigenvalue weighted by atomic mass is 79.9. The average molecular weight is 381 g/mol. The molecular weight excluding hydrogens is 364 g/mol. The van der Waals surface area contributed by atoms with E-state index in [1.165, 1.54) is 6.33 Å². The van der Waals surface area contributed by atoms with Crippen LogP contribution in [0.15, 0.2) is 35.1 Å². The molecular formula is C14H17BrN6O2. The molecule has 0 amide bonds. The van der Waals surface area contributed by atoms with Crippen LogP contribution in [-0.4, -0.2) is 20.4 Å². The van der Waals surface area contributed by atoms with E-state index in [9.17, 15) is 10.1 Å². The van der Waals surface area contributed by atoms with Crippen LogP contribution in [0.1, 0.15) is 20.8 Å². The standard InChI is InChI=1S/C14H17BrN6O2/c1-14(2,3)20-19-13-11(21(22)23)12(16-8-17-13)18-10-7-5-4-6-9(10)15/h4-8,20H,1-3H3,(H2,16,17,18,19). The monoisotopic (exact) mass is 380 g/mol. The van der Waals surface area contributed by atoms with Gasteiger partial charge in [0.25, 0.3) is 0 Å². The van der Waals surface area contributed by atoms with Gasteiger partial charge in [-0.25, -0.2) is 15.4 Å². The molecule has 3 N–H and O–H groups in total. The van der Waals surface area contributed by atoms with Gasteiger partial charge < -0.3 is 5.32 Å². The quantitative estimate of drug-likeness (QED) is 0.537. The first-order valence-electron chi connectivity index (χ1n) is 6.82. The lowest BCUT2D eigenvalue weighted by atomic mass is 10.1. The molecule has 2 aromatic rings. The summed E-state index contributed by atoms with van der Waals surface area (Å²) in [7, 11) is 0. The number of nitrogens with zero attached hydrogens (tertiary/aromatic N) is 3. The predicted molar refractivity (Wildman–Crippen MR) is 92.6 cm³/mol.